The molecule has 0 aliphatic heterocycles. The summed E-state index contributed by atoms with van der Waals surface area (Å²) in [5.74, 6) is 0.742. The molecule has 1 nitrogen and oxygen atoms in total. The van der Waals surface area contributed by atoms with Gasteiger partial charge in [0.25, 0.3) is 0 Å². The van der Waals surface area contributed by atoms with E-state index in [9.17, 15) is 5.11 Å². The topological polar surface area (TPSA) is 20.2 Å². The van der Waals surface area contributed by atoms with E-state index in [4.69, 9.17) is 0 Å². The highest BCUT2D eigenvalue weighted by Gasteiger charge is 2.17. The van der Waals surface area contributed by atoms with Gasteiger partial charge in [-0.1, -0.05) is 37.3 Å². The summed E-state index contributed by atoms with van der Waals surface area (Å²) in [7, 11) is 0. The van der Waals surface area contributed by atoms with Crippen molar-refractivity contribution in [2.45, 2.75) is 25.4 Å². The van der Waals surface area contributed by atoms with E-state index in [1.54, 1.807) is 0 Å². The Morgan fingerprint density at radius 3 is 2.38 bits per heavy atom. The first-order valence-electron chi connectivity index (χ1n) is 4.63. The van der Waals surface area contributed by atoms with E-state index in [0.29, 0.717) is 5.75 Å². The number of rotatable bonds is 4. The molecule has 0 aliphatic carbocycles. The number of benzene rings is 1. The predicted octanol–water partition coefficient (Wildman–Crippen LogP) is 2.47. The van der Waals surface area contributed by atoms with Gasteiger partial charge in [0.05, 0.1) is 6.10 Å². The minimum atomic E-state index is -0.337. The van der Waals surface area contributed by atoms with Gasteiger partial charge >= 0.3 is 0 Å². The zero-order valence-electron chi connectivity index (χ0n) is 7.85. The maximum absolute atomic E-state index is 9.69. The van der Waals surface area contributed by atoms with Crippen molar-refractivity contribution in [1.29, 1.82) is 0 Å². The number of hydrogen-bond donors (Lipinski definition) is 2. The van der Waals surface area contributed by atoms with Crippen LogP contribution in [-0.2, 0) is 0 Å². The van der Waals surface area contributed by atoms with E-state index in [1.165, 1.54) is 5.56 Å². The number of aliphatic hydroxyl groups is 1. The molecule has 1 aromatic carbocycles. The fourth-order valence-electron chi connectivity index (χ4n) is 1.56. The summed E-state index contributed by atoms with van der Waals surface area (Å²) in [6.45, 7) is 2.09. The van der Waals surface area contributed by atoms with Crippen molar-refractivity contribution < 1.29 is 5.11 Å². The van der Waals surface area contributed by atoms with Crippen LogP contribution in [0.2, 0.25) is 0 Å². The maximum atomic E-state index is 9.69. The molecule has 0 aliphatic rings. The third kappa shape index (κ3) is 2.75. The summed E-state index contributed by atoms with van der Waals surface area (Å²) in [6.07, 6.45) is 0.613. The first-order valence-corrected chi connectivity index (χ1v) is 5.26. The lowest BCUT2D eigenvalue weighted by Crippen LogP contribution is -2.19. The highest BCUT2D eigenvalue weighted by Crippen LogP contribution is 2.23. The van der Waals surface area contributed by atoms with Gasteiger partial charge in [-0.2, -0.15) is 12.6 Å². The van der Waals surface area contributed by atoms with E-state index in [2.05, 4.69) is 31.7 Å². The van der Waals surface area contributed by atoms with Gasteiger partial charge in [0.15, 0.2) is 0 Å². The highest BCUT2D eigenvalue weighted by atomic mass is 32.1. The molecule has 2 unspecified atom stereocenters. The second kappa shape index (κ2) is 5.30. The molecule has 0 radical (unpaired) electrons. The Bertz CT molecular complexity index is 235. The van der Waals surface area contributed by atoms with Crippen LogP contribution in [0, 0.1) is 0 Å². The van der Waals surface area contributed by atoms with E-state index in [-0.39, 0.29) is 12.0 Å². The molecule has 0 bridgehead atoms. The van der Waals surface area contributed by atoms with Gasteiger partial charge in [-0.05, 0) is 12.0 Å². The number of thiol groups is 1. The summed E-state index contributed by atoms with van der Waals surface area (Å²) < 4.78 is 0. The summed E-state index contributed by atoms with van der Waals surface area (Å²) >= 11 is 4.11. The lowest BCUT2D eigenvalue weighted by Gasteiger charge is -2.20. The summed E-state index contributed by atoms with van der Waals surface area (Å²) in [5, 5.41) is 9.69. The van der Waals surface area contributed by atoms with E-state index >= 15 is 0 Å². The van der Waals surface area contributed by atoms with Crippen molar-refractivity contribution in [2.24, 2.45) is 0 Å². The zero-order valence-corrected chi connectivity index (χ0v) is 8.74. The first-order chi connectivity index (χ1) is 6.29. The lowest BCUT2D eigenvalue weighted by molar-refractivity contribution is 0.164. The van der Waals surface area contributed by atoms with E-state index in [1.807, 2.05) is 18.2 Å². The van der Waals surface area contributed by atoms with Crippen LogP contribution in [0.15, 0.2) is 30.3 Å². The van der Waals surface area contributed by atoms with Gasteiger partial charge in [0.1, 0.15) is 0 Å². The molecule has 2 atom stereocenters. The Balaban J connectivity index is 2.78. The van der Waals surface area contributed by atoms with Crippen LogP contribution < -0.4 is 0 Å². The molecule has 2 heteroatoms. The Morgan fingerprint density at radius 1 is 1.31 bits per heavy atom. The molecule has 0 saturated carbocycles. The first kappa shape index (κ1) is 10.6. The largest absolute Gasteiger partial charge is 0.392 e. The molecule has 0 spiro atoms. The Labute approximate surface area is 85.2 Å². The SMILES string of the molecule is CCC(c1ccccc1)C(O)CS. The van der Waals surface area contributed by atoms with E-state index < -0.39 is 0 Å². The third-order valence-electron chi connectivity index (χ3n) is 2.32. The lowest BCUT2D eigenvalue weighted by atomic mass is 9.92. The molecule has 1 N–H and O–H groups in total. The van der Waals surface area contributed by atoms with Gasteiger partial charge in [-0.15, -0.1) is 0 Å². The van der Waals surface area contributed by atoms with Crippen LogP contribution in [0.25, 0.3) is 0 Å². The molecule has 1 aromatic rings. The maximum Gasteiger partial charge on any atom is 0.0696 e. The van der Waals surface area contributed by atoms with Crippen molar-refractivity contribution in [3.63, 3.8) is 0 Å². The van der Waals surface area contributed by atoms with Crippen LogP contribution in [0.3, 0.4) is 0 Å². The van der Waals surface area contributed by atoms with Crippen molar-refractivity contribution in [2.75, 3.05) is 5.75 Å². The van der Waals surface area contributed by atoms with Crippen LogP contribution >= 0.6 is 12.6 Å². The fraction of sp³-hybridized carbons (Fsp3) is 0.455. The van der Waals surface area contributed by atoms with Crippen molar-refractivity contribution >= 4 is 12.6 Å². The Morgan fingerprint density at radius 2 is 1.92 bits per heavy atom. The number of hydrogen-bond acceptors (Lipinski definition) is 2. The third-order valence-corrected chi connectivity index (χ3v) is 2.69. The summed E-state index contributed by atoms with van der Waals surface area (Å²) in [6, 6.07) is 10.1. The molecular formula is C11H16OS. The summed E-state index contributed by atoms with van der Waals surface area (Å²) in [4.78, 5) is 0. The fourth-order valence-corrected chi connectivity index (χ4v) is 1.81. The molecule has 13 heavy (non-hydrogen) atoms. The van der Waals surface area contributed by atoms with Crippen LogP contribution in [0.1, 0.15) is 24.8 Å². The number of aliphatic hydroxyl groups excluding tert-OH is 1. The standard InChI is InChI=1S/C11H16OS/c1-2-10(11(12)8-13)9-6-4-3-5-7-9/h3-7,10-13H,2,8H2,1H3. The quantitative estimate of drug-likeness (QED) is 0.709. The van der Waals surface area contributed by atoms with E-state index in [0.717, 1.165) is 6.42 Å². The minimum Gasteiger partial charge on any atom is -0.392 e. The van der Waals surface area contributed by atoms with Gasteiger partial charge in [0, 0.05) is 11.7 Å². The molecular weight excluding hydrogens is 180 g/mol. The molecule has 0 saturated heterocycles. The second-order valence-electron chi connectivity index (χ2n) is 3.18. The van der Waals surface area contributed by atoms with Crippen LogP contribution in [-0.4, -0.2) is 17.0 Å². The molecule has 72 valence electrons. The monoisotopic (exact) mass is 196 g/mol. The van der Waals surface area contributed by atoms with Crippen molar-refractivity contribution in [3.05, 3.63) is 35.9 Å². The smallest absolute Gasteiger partial charge is 0.0696 e. The predicted molar refractivity (Wildman–Crippen MR) is 59.3 cm³/mol. The average Bonchev–Trinajstić information content (AvgIpc) is 2.20. The molecule has 0 aromatic heterocycles. The molecule has 0 heterocycles. The normalized spacial score (nSPS) is 15.3. The molecule has 0 amide bonds. The molecule has 1 rings (SSSR count). The molecule has 0 fully saturated rings. The van der Waals surface area contributed by atoms with Gasteiger partial charge < -0.3 is 5.11 Å². The van der Waals surface area contributed by atoms with Crippen LogP contribution in [0.4, 0.5) is 0 Å². The van der Waals surface area contributed by atoms with Gasteiger partial charge in [-0.3, -0.25) is 0 Å². The Hall–Kier alpha value is -0.470. The average molecular weight is 196 g/mol. The second-order valence-corrected chi connectivity index (χ2v) is 3.54. The zero-order chi connectivity index (χ0) is 9.68. The Kier molecular flexibility index (Phi) is 4.33. The minimum absolute atomic E-state index is 0.221. The van der Waals surface area contributed by atoms with Crippen molar-refractivity contribution in [1.82, 2.24) is 0 Å². The van der Waals surface area contributed by atoms with Crippen LogP contribution in [0.5, 0.6) is 0 Å². The highest BCUT2D eigenvalue weighted by molar-refractivity contribution is 7.80. The summed E-state index contributed by atoms with van der Waals surface area (Å²) in [5.41, 5.74) is 1.20. The van der Waals surface area contributed by atoms with Crippen molar-refractivity contribution in [3.8, 4) is 0 Å². The van der Waals surface area contributed by atoms with Gasteiger partial charge in [-0.25, -0.2) is 0 Å². The van der Waals surface area contributed by atoms with Gasteiger partial charge in [0.2, 0.25) is 0 Å².